The number of hydrogen-bond donors (Lipinski definition) is 0. The molecule has 0 aliphatic heterocycles. The van der Waals surface area contributed by atoms with Crippen molar-refractivity contribution in [3.63, 3.8) is 0 Å². The van der Waals surface area contributed by atoms with E-state index in [2.05, 4.69) is 4.18 Å². The molecule has 0 N–H and O–H groups in total. The molecule has 0 spiro atoms. The zero-order valence-corrected chi connectivity index (χ0v) is 8.67. The highest BCUT2D eigenvalue weighted by molar-refractivity contribution is 8.04. The molecule has 12 heavy (non-hydrogen) atoms. The Morgan fingerprint density at radius 2 is 2.00 bits per heavy atom. The second-order valence-corrected chi connectivity index (χ2v) is 4.01. The highest BCUT2D eigenvalue weighted by Gasteiger charge is 2.04. The summed E-state index contributed by atoms with van der Waals surface area (Å²) in [5.74, 6) is 0.245. The molecular formula is C6H3Cl3O2S. The Morgan fingerprint density at radius 3 is 2.50 bits per heavy atom. The van der Waals surface area contributed by atoms with Crippen LogP contribution in [0.1, 0.15) is 0 Å². The molecule has 1 aromatic carbocycles. The monoisotopic (exact) mass is 244 g/mol. The summed E-state index contributed by atoms with van der Waals surface area (Å²) in [6, 6.07) is 4.53. The van der Waals surface area contributed by atoms with E-state index in [1.807, 2.05) is 0 Å². The summed E-state index contributed by atoms with van der Waals surface area (Å²) >= 11 is 11.3. The molecule has 1 aromatic rings. The predicted molar refractivity (Wildman–Crippen MR) is 51.1 cm³/mol. The van der Waals surface area contributed by atoms with Crippen molar-refractivity contribution in [3.05, 3.63) is 28.2 Å². The fourth-order valence-electron chi connectivity index (χ4n) is 0.613. The van der Waals surface area contributed by atoms with Crippen molar-refractivity contribution in [2.24, 2.45) is 0 Å². The van der Waals surface area contributed by atoms with Gasteiger partial charge in [0.25, 0.3) is 0 Å². The average molecular weight is 246 g/mol. The van der Waals surface area contributed by atoms with Crippen LogP contribution in [0.15, 0.2) is 18.2 Å². The first-order valence-corrected chi connectivity index (χ1v) is 5.46. The van der Waals surface area contributed by atoms with Gasteiger partial charge < -0.3 is 4.18 Å². The van der Waals surface area contributed by atoms with E-state index < -0.39 is 10.3 Å². The van der Waals surface area contributed by atoms with Crippen molar-refractivity contribution in [2.45, 2.75) is 0 Å². The molecule has 66 valence electrons. The Bertz CT molecular complexity index is 316. The standard InChI is InChI=1S/C6H3Cl3O2S/c7-4-1-2-6(5(8)3-4)11-12(9)10/h1-3H. The van der Waals surface area contributed by atoms with Gasteiger partial charge in [-0.2, -0.15) is 4.21 Å². The van der Waals surface area contributed by atoms with Gasteiger partial charge in [0.15, 0.2) is 5.75 Å². The largest absolute Gasteiger partial charge is 0.387 e. The third-order valence-electron chi connectivity index (χ3n) is 1.05. The third kappa shape index (κ3) is 2.83. The zero-order chi connectivity index (χ0) is 9.14. The van der Waals surface area contributed by atoms with Gasteiger partial charge >= 0.3 is 10.3 Å². The van der Waals surface area contributed by atoms with Crippen LogP contribution in [0, 0.1) is 0 Å². The van der Waals surface area contributed by atoms with Crippen molar-refractivity contribution < 1.29 is 8.39 Å². The van der Waals surface area contributed by atoms with Gasteiger partial charge in [0, 0.05) is 15.7 Å². The molecule has 6 heteroatoms. The summed E-state index contributed by atoms with van der Waals surface area (Å²) < 4.78 is 15.1. The minimum absolute atomic E-state index is 0.245. The topological polar surface area (TPSA) is 26.3 Å². The average Bonchev–Trinajstić information content (AvgIpc) is 1.94. The van der Waals surface area contributed by atoms with Crippen molar-refractivity contribution in [3.8, 4) is 5.75 Å². The maximum Gasteiger partial charge on any atom is 0.308 e. The van der Waals surface area contributed by atoms with Crippen LogP contribution in [0.5, 0.6) is 5.75 Å². The summed E-state index contributed by atoms with van der Waals surface area (Å²) in [6.07, 6.45) is 0. The number of benzene rings is 1. The molecule has 0 aliphatic carbocycles. The van der Waals surface area contributed by atoms with Gasteiger partial charge in [0.05, 0.1) is 5.02 Å². The molecule has 0 fully saturated rings. The first-order chi connectivity index (χ1) is 5.59. The lowest BCUT2D eigenvalue weighted by Gasteiger charge is -2.01. The van der Waals surface area contributed by atoms with Gasteiger partial charge in [0.2, 0.25) is 0 Å². The molecule has 0 bridgehead atoms. The molecule has 0 amide bonds. The first kappa shape index (κ1) is 10.1. The van der Waals surface area contributed by atoms with Gasteiger partial charge in [-0.25, -0.2) is 0 Å². The lowest BCUT2D eigenvalue weighted by Crippen LogP contribution is -1.91. The SMILES string of the molecule is O=S(Cl)Oc1ccc(Cl)cc1Cl. The molecule has 0 heterocycles. The van der Waals surface area contributed by atoms with E-state index in [9.17, 15) is 4.21 Å². The normalized spacial score (nSPS) is 12.6. The summed E-state index contributed by atoms with van der Waals surface area (Å²) in [4.78, 5) is 0. The second-order valence-electron chi connectivity index (χ2n) is 1.85. The highest BCUT2D eigenvalue weighted by Crippen LogP contribution is 2.28. The van der Waals surface area contributed by atoms with Gasteiger partial charge in [-0.1, -0.05) is 23.2 Å². The smallest absolute Gasteiger partial charge is 0.308 e. The van der Waals surface area contributed by atoms with Crippen LogP contribution in [0.2, 0.25) is 10.0 Å². The number of rotatable bonds is 2. The minimum Gasteiger partial charge on any atom is -0.387 e. The Kier molecular flexibility index (Phi) is 3.65. The summed E-state index contributed by atoms with van der Waals surface area (Å²) in [5.41, 5.74) is 0. The molecule has 0 radical (unpaired) electrons. The molecule has 1 unspecified atom stereocenters. The predicted octanol–water partition coefficient (Wildman–Crippen LogP) is 3.19. The Morgan fingerprint density at radius 1 is 1.33 bits per heavy atom. The third-order valence-corrected chi connectivity index (χ3v) is 2.08. The van der Waals surface area contributed by atoms with E-state index in [1.165, 1.54) is 12.1 Å². The van der Waals surface area contributed by atoms with E-state index in [-0.39, 0.29) is 10.8 Å². The van der Waals surface area contributed by atoms with Crippen LogP contribution in [0.3, 0.4) is 0 Å². The lowest BCUT2D eigenvalue weighted by atomic mass is 10.3. The number of hydrogen-bond acceptors (Lipinski definition) is 2. The minimum atomic E-state index is -1.89. The maximum absolute atomic E-state index is 10.4. The van der Waals surface area contributed by atoms with E-state index in [0.717, 1.165) is 0 Å². The van der Waals surface area contributed by atoms with Crippen molar-refractivity contribution in [1.82, 2.24) is 0 Å². The van der Waals surface area contributed by atoms with E-state index in [4.69, 9.17) is 33.9 Å². The quantitative estimate of drug-likeness (QED) is 0.748. The second kappa shape index (κ2) is 4.33. The molecule has 0 saturated heterocycles. The molecule has 0 saturated carbocycles. The molecule has 0 aliphatic rings. The molecule has 2 nitrogen and oxygen atoms in total. The Hall–Kier alpha value is 0.0400. The van der Waals surface area contributed by atoms with E-state index in [0.29, 0.717) is 5.02 Å². The van der Waals surface area contributed by atoms with Crippen molar-refractivity contribution in [2.75, 3.05) is 0 Å². The van der Waals surface area contributed by atoms with Crippen LogP contribution >= 0.6 is 33.9 Å². The van der Waals surface area contributed by atoms with Crippen molar-refractivity contribution >= 4 is 44.2 Å². The van der Waals surface area contributed by atoms with Crippen molar-refractivity contribution in [1.29, 1.82) is 0 Å². The van der Waals surface area contributed by atoms with Crippen LogP contribution in [-0.4, -0.2) is 4.21 Å². The zero-order valence-electron chi connectivity index (χ0n) is 5.59. The van der Waals surface area contributed by atoms with Crippen LogP contribution < -0.4 is 4.18 Å². The van der Waals surface area contributed by atoms with Crippen LogP contribution in [0.25, 0.3) is 0 Å². The molecular weight excluding hydrogens is 242 g/mol. The summed E-state index contributed by atoms with van der Waals surface area (Å²) in [5, 5.41) is 0.754. The maximum atomic E-state index is 10.4. The molecule has 0 aromatic heterocycles. The van der Waals surface area contributed by atoms with Gasteiger partial charge in [-0.3, -0.25) is 0 Å². The van der Waals surface area contributed by atoms with Gasteiger partial charge in [-0.05, 0) is 18.2 Å². The molecule has 1 atom stereocenters. The molecule has 1 rings (SSSR count). The first-order valence-electron chi connectivity index (χ1n) is 2.81. The van der Waals surface area contributed by atoms with E-state index in [1.54, 1.807) is 6.07 Å². The summed E-state index contributed by atoms with van der Waals surface area (Å²) in [7, 11) is 3.19. The fourth-order valence-corrected chi connectivity index (χ4v) is 1.60. The lowest BCUT2D eigenvalue weighted by molar-refractivity contribution is 0.576. The highest BCUT2D eigenvalue weighted by atomic mass is 35.7. The van der Waals surface area contributed by atoms with E-state index >= 15 is 0 Å². The van der Waals surface area contributed by atoms with Crippen LogP contribution in [-0.2, 0) is 10.3 Å². The Labute approximate surface area is 86.5 Å². The van der Waals surface area contributed by atoms with Crippen LogP contribution in [0.4, 0.5) is 0 Å². The van der Waals surface area contributed by atoms with Gasteiger partial charge in [0.1, 0.15) is 0 Å². The van der Waals surface area contributed by atoms with Gasteiger partial charge in [-0.15, -0.1) is 0 Å². The number of halogens is 3. The summed E-state index contributed by atoms with van der Waals surface area (Å²) in [6.45, 7) is 0. The Balaban J connectivity index is 2.93. The fraction of sp³-hybridized carbons (Fsp3) is 0.